The molecule has 26 heavy (non-hydrogen) atoms. The van der Waals surface area contributed by atoms with E-state index < -0.39 is 0 Å². The third-order valence-electron chi connectivity index (χ3n) is 4.90. The molecule has 0 spiro atoms. The third kappa shape index (κ3) is 2.90. The van der Waals surface area contributed by atoms with Crippen LogP contribution in [0.5, 0.6) is 17.2 Å². The van der Waals surface area contributed by atoms with E-state index in [0.717, 1.165) is 41.6 Å². The van der Waals surface area contributed by atoms with E-state index >= 15 is 0 Å². The van der Waals surface area contributed by atoms with Gasteiger partial charge in [-0.1, -0.05) is 6.92 Å². The number of hydrogen-bond donors (Lipinski definition) is 1. The summed E-state index contributed by atoms with van der Waals surface area (Å²) in [4.78, 5) is 4.49. The van der Waals surface area contributed by atoms with E-state index in [-0.39, 0.29) is 5.82 Å². The van der Waals surface area contributed by atoms with Crippen LogP contribution in [0.3, 0.4) is 0 Å². The van der Waals surface area contributed by atoms with Crippen LogP contribution in [0, 0.1) is 17.2 Å². The summed E-state index contributed by atoms with van der Waals surface area (Å²) in [5.74, 6) is 2.39. The fourth-order valence-corrected chi connectivity index (χ4v) is 3.61. The predicted octanol–water partition coefficient (Wildman–Crippen LogP) is 3.35. The highest BCUT2D eigenvalue weighted by molar-refractivity contribution is 5.82. The van der Waals surface area contributed by atoms with Crippen LogP contribution in [0.25, 0.3) is 11.1 Å². The number of pyridine rings is 1. The molecule has 1 aromatic heterocycles. The Morgan fingerprint density at radius 2 is 1.81 bits per heavy atom. The van der Waals surface area contributed by atoms with E-state index in [2.05, 4.69) is 18.0 Å². The fraction of sp³-hybridized carbons (Fsp3) is 0.400. The molecule has 0 aliphatic heterocycles. The van der Waals surface area contributed by atoms with Crippen molar-refractivity contribution in [2.75, 3.05) is 27.1 Å². The lowest BCUT2D eigenvalue weighted by Crippen LogP contribution is -2.17. The smallest absolute Gasteiger partial charge is 0.203 e. The molecule has 3 rings (SSSR count). The lowest BCUT2D eigenvalue weighted by molar-refractivity contribution is 0.324. The van der Waals surface area contributed by atoms with Gasteiger partial charge in [-0.3, -0.25) is 0 Å². The van der Waals surface area contributed by atoms with Crippen molar-refractivity contribution < 1.29 is 14.2 Å². The van der Waals surface area contributed by atoms with Crippen molar-refractivity contribution in [2.45, 2.75) is 26.2 Å². The molecule has 0 fully saturated rings. The van der Waals surface area contributed by atoms with Gasteiger partial charge in [0.05, 0.1) is 21.3 Å². The number of nitrogen functional groups attached to an aromatic ring is 1. The molecule has 1 aromatic carbocycles. The highest BCUT2D eigenvalue weighted by Crippen LogP contribution is 2.44. The Bertz CT molecular complexity index is 862. The number of nitriles is 1. The summed E-state index contributed by atoms with van der Waals surface area (Å²) in [6.45, 7) is 2.21. The van der Waals surface area contributed by atoms with Crippen LogP contribution < -0.4 is 19.9 Å². The van der Waals surface area contributed by atoms with Crippen molar-refractivity contribution in [3.05, 3.63) is 29.0 Å². The van der Waals surface area contributed by atoms with Gasteiger partial charge in [0.25, 0.3) is 0 Å². The van der Waals surface area contributed by atoms with Crippen molar-refractivity contribution in [1.29, 1.82) is 5.26 Å². The molecule has 2 N–H and O–H groups in total. The maximum absolute atomic E-state index is 9.72. The minimum atomic E-state index is 0.268. The molecule has 0 saturated carbocycles. The number of nitrogens with two attached hydrogens (primary N) is 1. The van der Waals surface area contributed by atoms with Gasteiger partial charge >= 0.3 is 0 Å². The van der Waals surface area contributed by atoms with Crippen LogP contribution in [-0.4, -0.2) is 26.3 Å². The molecule has 0 unspecified atom stereocenters. The SMILES string of the molecule is COc1cc(-c2c(C#N)c(N)nc3c2C[C@@H](C)CC3)cc(OC)c1OC. The predicted molar refractivity (Wildman–Crippen MR) is 99.6 cm³/mol. The number of nitrogens with zero attached hydrogens (tertiary/aromatic N) is 2. The Labute approximate surface area is 153 Å². The zero-order valence-corrected chi connectivity index (χ0v) is 15.5. The average molecular weight is 353 g/mol. The highest BCUT2D eigenvalue weighted by atomic mass is 16.5. The first kappa shape index (κ1) is 17.9. The van der Waals surface area contributed by atoms with E-state index in [0.29, 0.717) is 28.7 Å². The van der Waals surface area contributed by atoms with Gasteiger partial charge < -0.3 is 19.9 Å². The third-order valence-corrected chi connectivity index (χ3v) is 4.90. The summed E-state index contributed by atoms with van der Waals surface area (Å²) >= 11 is 0. The number of rotatable bonds is 4. The van der Waals surface area contributed by atoms with Gasteiger partial charge in [0, 0.05) is 11.3 Å². The van der Waals surface area contributed by atoms with Gasteiger partial charge in [-0.2, -0.15) is 5.26 Å². The molecule has 0 saturated heterocycles. The van der Waals surface area contributed by atoms with Crippen LogP contribution in [0.4, 0.5) is 5.82 Å². The first-order valence-corrected chi connectivity index (χ1v) is 8.55. The van der Waals surface area contributed by atoms with Crippen molar-refractivity contribution in [2.24, 2.45) is 5.92 Å². The number of aryl methyl sites for hydroxylation is 1. The van der Waals surface area contributed by atoms with E-state index in [1.54, 1.807) is 21.3 Å². The Hall–Kier alpha value is -2.94. The lowest BCUT2D eigenvalue weighted by atomic mass is 9.82. The summed E-state index contributed by atoms with van der Waals surface area (Å²) in [6.07, 6.45) is 2.80. The van der Waals surface area contributed by atoms with Gasteiger partial charge in [0.15, 0.2) is 11.5 Å². The molecule has 6 nitrogen and oxygen atoms in total. The minimum Gasteiger partial charge on any atom is -0.493 e. The monoisotopic (exact) mass is 353 g/mol. The van der Waals surface area contributed by atoms with Gasteiger partial charge in [-0.25, -0.2) is 4.98 Å². The van der Waals surface area contributed by atoms with Crippen molar-refractivity contribution in [3.63, 3.8) is 0 Å². The molecule has 1 heterocycles. The van der Waals surface area contributed by atoms with Crippen LogP contribution >= 0.6 is 0 Å². The maximum Gasteiger partial charge on any atom is 0.203 e. The molecule has 0 radical (unpaired) electrons. The second-order valence-electron chi connectivity index (χ2n) is 6.55. The largest absolute Gasteiger partial charge is 0.493 e. The van der Waals surface area contributed by atoms with E-state index in [1.165, 1.54) is 0 Å². The first-order chi connectivity index (χ1) is 12.5. The average Bonchev–Trinajstić information content (AvgIpc) is 2.65. The van der Waals surface area contributed by atoms with Crippen molar-refractivity contribution >= 4 is 5.82 Å². The van der Waals surface area contributed by atoms with Crippen LogP contribution in [0.1, 0.15) is 30.2 Å². The maximum atomic E-state index is 9.72. The molecule has 6 heteroatoms. The van der Waals surface area contributed by atoms with E-state index in [4.69, 9.17) is 19.9 Å². The van der Waals surface area contributed by atoms with Crippen LogP contribution in [0.2, 0.25) is 0 Å². The minimum absolute atomic E-state index is 0.268. The number of hydrogen-bond acceptors (Lipinski definition) is 6. The zero-order chi connectivity index (χ0) is 18.8. The highest BCUT2D eigenvalue weighted by Gasteiger charge is 2.26. The summed E-state index contributed by atoms with van der Waals surface area (Å²) in [6, 6.07) is 5.95. The standard InChI is InChI=1S/C20H23N3O3/c1-11-5-6-15-13(7-11)18(14(10-21)20(22)23-15)12-8-16(24-2)19(26-4)17(9-12)25-3/h8-9,11H,5-7H2,1-4H3,(H2,22,23)/t11-/m0/s1. The summed E-state index contributed by atoms with van der Waals surface area (Å²) in [5, 5.41) is 9.72. The topological polar surface area (TPSA) is 90.4 Å². The molecule has 1 aliphatic rings. The number of anilines is 1. The van der Waals surface area contributed by atoms with E-state index in [1.807, 2.05) is 12.1 Å². The normalized spacial score (nSPS) is 15.7. The Morgan fingerprint density at radius 3 is 2.35 bits per heavy atom. The second kappa shape index (κ2) is 7.12. The molecule has 2 aromatic rings. The zero-order valence-electron chi connectivity index (χ0n) is 15.5. The number of aromatic nitrogens is 1. The molecule has 0 bridgehead atoms. The van der Waals surface area contributed by atoms with Gasteiger partial charge in [0.1, 0.15) is 17.5 Å². The van der Waals surface area contributed by atoms with E-state index in [9.17, 15) is 5.26 Å². The lowest BCUT2D eigenvalue weighted by Gasteiger charge is -2.25. The summed E-state index contributed by atoms with van der Waals surface area (Å²) < 4.78 is 16.4. The first-order valence-electron chi connectivity index (χ1n) is 8.55. The van der Waals surface area contributed by atoms with Crippen LogP contribution in [-0.2, 0) is 12.8 Å². The molecule has 136 valence electrons. The second-order valence-corrected chi connectivity index (χ2v) is 6.55. The van der Waals surface area contributed by atoms with Crippen LogP contribution in [0.15, 0.2) is 12.1 Å². The molecular weight excluding hydrogens is 330 g/mol. The molecule has 1 aliphatic carbocycles. The molecule has 0 amide bonds. The summed E-state index contributed by atoms with van der Waals surface area (Å²) in [5.41, 5.74) is 10.2. The number of benzene rings is 1. The Kier molecular flexibility index (Phi) is 4.90. The van der Waals surface area contributed by atoms with Crippen molar-refractivity contribution in [3.8, 4) is 34.4 Å². The number of fused-ring (bicyclic) bond motifs is 1. The summed E-state index contributed by atoms with van der Waals surface area (Å²) in [7, 11) is 4.71. The fourth-order valence-electron chi connectivity index (χ4n) is 3.61. The number of ether oxygens (including phenoxy) is 3. The Morgan fingerprint density at radius 1 is 1.15 bits per heavy atom. The van der Waals surface area contributed by atoms with Crippen molar-refractivity contribution in [1.82, 2.24) is 4.98 Å². The molecular formula is C20H23N3O3. The van der Waals surface area contributed by atoms with Gasteiger partial charge in [-0.05, 0) is 48.4 Å². The number of methoxy groups -OCH3 is 3. The van der Waals surface area contributed by atoms with Gasteiger partial charge in [-0.15, -0.1) is 0 Å². The quantitative estimate of drug-likeness (QED) is 0.906. The van der Waals surface area contributed by atoms with Gasteiger partial charge in [0.2, 0.25) is 5.75 Å². The Balaban J connectivity index is 2.33. The molecule has 1 atom stereocenters.